The molecule has 1 unspecified atom stereocenters. The van der Waals surface area contributed by atoms with Crippen LogP contribution in [0.4, 0.5) is 16.4 Å². The van der Waals surface area contributed by atoms with Crippen LogP contribution in [-0.4, -0.2) is 36.5 Å². The molecule has 0 radical (unpaired) electrons. The Labute approximate surface area is 153 Å². The van der Waals surface area contributed by atoms with E-state index in [2.05, 4.69) is 5.32 Å². The Morgan fingerprint density at radius 3 is 2.85 bits per heavy atom. The highest BCUT2D eigenvalue weighted by Crippen LogP contribution is 2.33. The van der Waals surface area contributed by atoms with Gasteiger partial charge in [0.25, 0.3) is 5.69 Å². The van der Waals surface area contributed by atoms with E-state index in [1.165, 1.54) is 24.5 Å². The number of hydrogen-bond donors (Lipinski definition) is 1. The summed E-state index contributed by atoms with van der Waals surface area (Å²) >= 11 is 1.31. The number of anilines is 2. The minimum Gasteiger partial charge on any atom is -0.465 e. The normalized spacial score (nSPS) is 16.6. The van der Waals surface area contributed by atoms with E-state index in [0.29, 0.717) is 34.8 Å². The molecule has 26 heavy (non-hydrogen) atoms. The lowest BCUT2D eigenvalue weighted by Crippen LogP contribution is -2.33. The second kappa shape index (κ2) is 7.12. The number of esters is 1. The molecule has 2 heterocycles. The molecule has 1 aromatic heterocycles. The Bertz CT molecular complexity index is 879. The van der Waals surface area contributed by atoms with Gasteiger partial charge < -0.3 is 15.0 Å². The van der Waals surface area contributed by atoms with Crippen LogP contribution in [0.15, 0.2) is 29.6 Å². The molecule has 1 amide bonds. The summed E-state index contributed by atoms with van der Waals surface area (Å²) < 4.78 is 4.76. The average Bonchev–Trinajstić information content (AvgIpc) is 3.21. The zero-order chi connectivity index (χ0) is 18.8. The van der Waals surface area contributed by atoms with Gasteiger partial charge in [-0.15, -0.1) is 11.3 Å². The summed E-state index contributed by atoms with van der Waals surface area (Å²) in [5.41, 5.74) is 1.58. The number of thiophene rings is 1. The molecule has 0 bridgehead atoms. The van der Waals surface area contributed by atoms with E-state index in [-0.39, 0.29) is 11.6 Å². The van der Waals surface area contributed by atoms with E-state index in [0.717, 1.165) is 0 Å². The van der Waals surface area contributed by atoms with Crippen molar-refractivity contribution in [2.45, 2.75) is 19.4 Å². The average molecular weight is 375 g/mol. The van der Waals surface area contributed by atoms with Crippen LogP contribution in [0, 0.1) is 17.0 Å². The first-order valence-electron chi connectivity index (χ1n) is 7.91. The van der Waals surface area contributed by atoms with Crippen molar-refractivity contribution in [1.82, 2.24) is 0 Å². The molecule has 1 aromatic carbocycles. The number of amides is 1. The van der Waals surface area contributed by atoms with Crippen molar-refractivity contribution in [1.29, 1.82) is 0 Å². The molecular weight excluding hydrogens is 358 g/mol. The fourth-order valence-electron chi connectivity index (χ4n) is 2.94. The van der Waals surface area contributed by atoms with Gasteiger partial charge in [0.05, 0.1) is 17.6 Å². The molecule has 9 heteroatoms. The van der Waals surface area contributed by atoms with Crippen molar-refractivity contribution in [2.24, 2.45) is 0 Å². The summed E-state index contributed by atoms with van der Waals surface area (Å²) in [6, 6.07) is 5.84. The van der Waals surface area contributed by atoms with E-state index in [9.17, 15) is 19.7 Å². The van der Waals surface area contributed by atoms with Crippen LogP contribution in [0.2, 0.25) is 0 Å². The number of benzene rings is 1. The van der Waals surface area contributed by atoms with Crippen molar-refractivity contribution in [2.75, 3.05) is 23.9 Å². The maximum atomic E-state index is 12.7. The van der Waals surface area contributed by atoms with Crippen LogP contribution in [0.5, 0.6) is 0 Å². The topological polar surface area (TPSA) is 102 Å². The van der Waals surface area contributed by atoms with Gasteiger partial charge >= 0.3 is 5.97 Å². The molecule has 1 fully saturated rings. The van der Waals surface area contributed by atoms with Gasteiger partial charge in [0.15, 0.2) is 0 Å². The summed E-state index contributed by atoms with van der Waals surface area (Å²) in [4.78, 5) is 36.6. The van der Waals surface area contributed by atoms with Gasteiger partial charge in [0.1, 0.15) is 11.0 Å². The minimum absolute atomic E-state index is 0.0382. The molecule has 0 aliphatic carbocycles. The van der Waals surface area contributed by atoms with E-state index in [4.69, 9.17) is 4.74 Å². The predicted molar refractivity (Wildman–Crippen MR) is 97.9 cm³/mol. The highest BCUT2D eigenvalue weighted by molar-refractivity contribution is 7.14. The van der Waals surface area contributed by atoms with Gasteiger partial charge in [-0.3, -0.25) is 14.9 Å². The Hall–Kier alpha value is -2.94. The first-order valence-corrected chi connectivity index (χ1v) is 8.79. The molecule has 1 N–H and O–H groups in total. The number of aryl methyl sites for hydroxylation is 1. The molecule has 1 aliphatic rings. The number of carbonyl (C=O) groups is 2. The molecule has 0 saturated carbocycles. The van der Waals surface area contributed by atoms with Crippen molar-refractivity contribution in [3.63, 3.8) is 0 Å². The van der Waals surface area contributed by atoms with Gasteiger partial charge in [0.2, 0.25) is 5.91 Å². The summed E-state index contributed by atoms with van der Waals surface area (Å²) in [5.74, 6) is -0.620. The van der Waals surface area contributed by atoms with E-state index in [1.54, 1.807) is 35.4 Å². The van der Waals surface area contributed by atoms with Gasteiger partial charge in [-0.1, -0.05) is 0 Å². The van der Waals surface area contributed by atoms with E-state index in [1.807, 2.05) is 0 Å². The lowest BCUT2D eigenvalue weighted by Gasteiger charge is -2.17. The summed E-state index contributed by atoms with van der Waals surface area (Å²) in [6.07, 6.45) is 0.563. The Kier molecular flexibility index (Phi) is 4.90. The second-order valence-corrected chi connectivity index (χ2v) is 6.76. The second-order valence-electron chi connectivity index (χ2n) is 5.86. The number of nitro groups is 1. The van der Waals surface area contributed by atoms with Crippen LogP contribution in [0.3, 0.4) is 0 Å². The zero-order valence-electron chi connectivity index (χ0n) is 14.2. The van der Waals surface area contributed by atoms with Crippen LogP contribution in [-0.2, 0) is 9.53 Å². The maximum absolute atomic E-state index is 12.7. The molecular formula is C17H17N3O5S. The number of nitrogens with one attached hydrogen (secondary N) is 1. The largest absolute Gasteiger partial charge is 0.465 e. The Morgan fingerprint density at radius 2 is 2.19 bits per heavy atom. The van der Waals surface area contributed by atoms with Crippen molar-refractivity contribution >= 4 is 39.6 Å². The molecule has 0 spiro atoms. The van der Waals surface area contributed by atoms with Crippen LogP contribution in [0.1, 0.15) is 22.3 Å². The fourth-order valence-corrected chi connectivity index (χ4v) is 3.86. The zero-order valence-corrected chi connectivity index (χ0v) is 15.0. The molecule has 2 aromatic rings. The maximum Gasteiger partial charge on any atom is 0.340 e. The Morgan fingerprint density at radius 1 is 1.42 bits per heavy atom. The quantitative estimate of drug-likeness (QED) is 0.490. The smallest absolute Gasteiger partial charge is 0.340 e. The monoisotopic (exact) mass is 375 g/mol. The molecule has 3 rings (SSSR count). The number of methoxy groups -OCH3 is 1. The first-order chi connectivity index (χ1) is 12.4. The third-order valence-electron chi connectivity index (χ3n) is 4.24. The fraction of sp³-hybridized carbons (Fsp3) is 0.294. The standard InChI is InChI=1S/C17H17N3O5S/c1-10-9-11(3-4-14(10)20(23)24)18-13-5-7-19(15(13)21)16-12(6-8-26-16)17(22)25-2/h3-4,6,8-9,13,18H,5,7H2,1-2H3. The van der Waals surface area contributed by atoms with Gasteiger partial charge in [0, 0.05) is 23.9 Å². The third kappa shape index (κ3) is 3.25. The van der Waals surface area contributed by atoms with Gasteiger partial charge in [-0.05, 0) is 36.9 Å². The molecule has 136 valence electrons. The molecule has 8 nitrogen and oxygen atoms in total. The van der Waals surface area contributed by atoms with Gasteiger partial charge in [-0.25, -0.2) is 4.79 Å². The molecule has 1 atom stereocenters. The molecule has 1 aliphatic heterocycles. The van der Waals surface area contributed by atoms with E-state index >= 15 is 0 Å². The predicted octanol–water partition coefficient (Wildman–Crippen LogP) is 2.97. The third-order valence-corrected chi connectivity index (χ3v) is 5.17. The lowest BCUT2D eigenvalue weighted by molar-refractivity contribution is -0.385. The first kappa shape index (κ1) is 17.9. The SMILES string of the molecule is COC(=O)c1ccsc1N1CCC(Nc2ccc([N+](=O)[O-])c(C)c2)C1=O. The van der Waals surface area contributed by atoms with Crippen molar-refractivity contribution in [3.05, 3.63) is 50.9 Å². The lowest BCUT2D eigenvalue weighted by atomic mass is 10.1. The number of carbonyl (C=O) groups excluding carboxylic acids is 2. The van der Waals surface area contributed by atoms with E-state index < -0.39 is 16.9 Å². The van der Waals surface area contributed by atoms with Crippen molar-refractivity contribution in [3.8, 4) is 0 Å². The van der Waals surface area contributed by atoms with Gasteiger partial charge in [-0.2, -0.15) is 0 Å². The number of rotatable bonds is 5. The summed E-state index contributed by atoms with van der Waals surface area (Å²) in [7, 11) is 1.30. The summed E-state index contributed by atoms with van der Waals surface area (Å²) in [6.45, 7) is 2.13. The van der Waals surface area contributed by atoms with Crippen LogP contribution in [0.25, 0.3) is 0 Å². The van der Waals surface area contributed by atoms with Crippen LogP contribution >= 0.6 is 11.3 Å². The Balaban J connectivity index is 1.76. The highest BCUT2D eigenvalue weighted by atomic mass is 32.1. The number of nitrogens with zero attached hydrogens (tertiary/aromatic N) is 2. The number of hydrogen-bond acceptors (Lipinski definition) is 7. The summed E-state index contributed by atoms with van der Waals surface area (Å²) in [5, 5.41) is 16.4. The number of nitro benzene ring substituents is 1. The highest BCUT2D eigenvalue weighted by Gasteiger charge is 2.35. The number of ether oxygens (including phenoxy) is 1. The molecule has 1 saturated heterocycles. The minimum atomic E-state index is -0.476. The van der Waals surface area contributed by atoms with Crippen molar-refractivity contribution < 1.29 is 19.2 Å². The van der Waals surface area contributed by atoms with Crippen LogP contribution < -0.4 is 10.2 Å².